The Kier molecular flexibility index (Phi) is 11.5. The van der Waals surface area contributed by atoms with Gasteiger partial charge in [-0.25, -0.2) is 9.13 Å². The number of unbranched alkanes of at least 4 members (excludes halogenated alkanes) is 7. The van der Waals surface area contributed by atoms with Crippen molar-refractivity contribution in [1.29, 1.82) is 0 Å². The van der Waals surface area contributed by atoms with Gasteiger partial charge < -0.3 is 22.1 Å². The van der Waals surface area contributed by atoms with Crippen LogP contribution < -0.4 is 21.5 Å². The molecule has 0 atom stereocenters. The second kappa shape index (κ2) is 11.7. The van der Waals surface area contributed by atoms with E-state index < -0.39 is 0 Å². The fraction of sp³-hybridized carbons (Fsp3) is 0.786. The molecule has 0 aliphatic carbocycles. The van der Waals surface area contributed by atoms with Gasteiger partial charge in [0, 0.05) is 6.61 Å². The lowest BCUT2D eigenvalue weighted by molar-refractivity contribution is -0.696. The normalized spacial score (nSPS) is 10.3. The van der Waals surface area contributed by atoms with E-state index in [9.17, 15) is 0 Å². The van der Waals surface area contributed by atoms with Crippen molar-refractivity contribution in [1.82, 2.24) is 4.57 Å². The molecule has 4 heteroatoms. The maximum Gasteiger partial charge on any atom is 0.243 e. The van der Waals surface area contributed by atoms with Crippen LogP contribution in [0.1, 0.15) is 51.4 Å². The third-order valence-electron chi connectivity index (χ3n) is 3.15. The Balaban J connectivity index is 0.00000289. The molecule has 0 aliphatic heterocycles. The van der Waals surface area contributed by atoms with Gasteiger partial charge in [-0.2, -0.15) is 0 Å². The largest absolute Gasteiger partial charge is 1.00 e. The molecule has 0 saturated heterocycles. The molecule has 1 aromatic heterocycles. The number of nitrogens with zero attached hydrogens (tertiary/aromatic N) is 2. The maximum absolute atomic E-state index is 8.64. The van der Waals surface area contributed by atoms with Gasteiger partial charge in [0.05, 0.1) is 13.6 Å². The van der Waals surface area contributed by atoms with Gasteiger partial charge in [0.1, 0.15) is 12.4 Å². The fourth-order valence-electron chi connectivity index (χ4n) is 2.10. The number of hydrogen-bond donors (Lipinski definition) is 1. The Bertz CT molecular complexity index is 289. The first-order valence-corrected chi connectivity index (χ1v) is 6.95. The summed E-state index contributed by atoms with van der Waals surface area (Å²) in [5, 5.41) is 8.64. The van der Waals surface area contributed by atoms with Crippen LogP contribution in [-0.2, 0) is 13.6 Å². The molecule has 106 valence electrons. The van der Waals surface area contributed by atoms with Crippen LogP contribution in [0.5, 0.6) is 0 Å². The molecule has 1 N–H and O–H groups in total. The molecule has 3 nitrogen and oxygen atoms in total. The molecule has 1 rings (SSSR count). The summed E-state index contributed by atoms with van der Waals surface area (Å²) in [5.41, 5.74) is 0. The smallest absolute Gasteiger partial charge is 0.243 e. The number of aromatic nitrogens is 2. The second-order valence-electron chi connectivity index (χ2n) is 4.87. The molecule has 0 fully saturated rings. The van der Waals surface area contributed by atoms with Crippen LogP contribution in [-0.4, -0.2) is 16.3 Å². The Labute approximate surface area is 122 Å². The van der Waals surface area contributed by atoms with E-state index in [0.717, 1.165) is 13.0 Å². The van der Waals surface area contributed by atoms with Crippen molar-refractivity contribution >= 4 is 0 Å². The number of hydrogen-bond acceptors (Lipinski definition) is 1. The predicted octanol–water partition coefficient (Wildman–Crippen LogP) is -0.570. The van der Waals surface area contributed by atoms with Gasteiger partial charge in [0.15, 0.2) is 0 Å². The molecule has 0 radical (unpaired) electrons. The van der Waals surface area contributed by atoms with Crippen LogP contribution in [0.3, 0.4) is 0 Å². The van der Waals surface area contributed by atoms with Crippen LogP contribution in [0, 0.1) is 0 Å². The van der Waals surface area contributed by atoms with E-state index in [-0.39, 0.29) is 17.0 Å². The van der Waals surface area contributed by atoms with E-state index >= 15 is 0 Å². The summed E-state index contributed by atoms with van der Waals surface area (Å²) in [6.45, 7) is 1.50. The average Bonchev–Trinajstić information content (AvgIpc) is 2.73. The third-order valence-corrected chi connectivity index (χ3v) is 3.15. The summed E-state index contributed by atoms with van der Waals surface area (Å²) in [7, 11) is 2.06. The SMILES string of the molecule is Cn1cc[n+](CCCCCCCCCCO)c1.[Br-]. The molecule has 0 aromatic carbocycles. The minimum absolute atomic E-state index is 0. The Hall–Kier alpha value is -0.350. The second-order valence-corrected chi connectivity index (χ2v) is 4.87. The lowest BCUT2D eigenvalue weighted by Crippen LogP contribution is -3.00. The minimum Gasteiger partial charge on any atom is -1.00 e. The highest BCUT2D eigenvalue weighted by Crippen LogP contribution is 2.08. The van der Waals surface area contributed by atoms with E-state index in [4.69, 9.17) is 5.11 Å². The van der Waals surface area contributed by atoms with Gasteiger partial charge in [0.2, 0.25) is 6.33 Å². The van der Waals surface area contributed by atoms with E-state index in [1.165, 1.54) is 44.9 Å². The Morgan fingerprint density at radius 1 is 0.944 bits per heavy atom. The highest BCUT2D eigenvalue weighted by atomic mass is 79.9. The molecule has 0 unspecified atom stereocenters. The molecule has 0 aliphatic rings. The molecule has 0 saturated carbocycles. The van der Waals surface area contributed by atoms with Crippen LogP contribution in [0.25, 0.3) is 0 Å². The lowest BCUT2D eigenvalue weighted by Gasteiger charge is -2.00. The third kappa shape index (κ3) is 8.70. The summed E-state index contributed by atoms with van der Waals surface area (Å²) in [4.78, 5) is 0. The van der Waals surface area contributed by atoms with Crippen LogP contribution in [0.4, 0.5) is 0 Å². The first kappa shape index (κ1) is 17.6. The van der Waals surface area contributed by atoms with Gasteiger partial charge >= 0.3 is 0 Å². The minimum atomic E-state index is 0. The summed E-state index contributed by atoms with van der Waals surface area (Å²) in [6.07, 6.45) is 16.5. The summed E-state index contributed by atoms with van der Waals surface area (Å²) < 4.78 is 4.34. The molecule has 1 aromatic rings. The van der Waals surface area contributed by atoms with Gasteiger partial charge in [-0.15, -0.1) is 0 Å². The van der Waals surface area contributed by atoms with Crippen molar-refractivity contribution in [2.45, 2.75) is 57.9 Å². The van der Waals surface area contributed by atoms with Crippen molar-refractivity contribution < 1.29 is 26.7 Å². The number of imidazole rings is 1. The number of halogens is 1. The Morgan fingerprint density at radius 3 is 2.00 bits per heavy atom. The van der Waals surface area contributed by atoms with Crippen molar-refractivity contribution in [2.75, 3.05) is 6.61 Å². The molecule has 18 heavy (non-hydrogen) atoms. The monoisotopic (exact) mass is 318 g/mol. The first-order chi connectivity index (χ1) is 8.33. The van der Waals surface area contributed by atoms with Crippen molar-refractivity contribution in [3.63, 3.8) is 0 Å². The molecular formula is C14H27BrN2O. The van der Waals surface area contributed by atoms with E-state index in [1.807, 2.05) is 0 Å². The van der Waals surface area contributed by atoms with Crippen molar-refractivity contribution in [3.8, 4) is 0 Å². The standard InChI is InChI=1S/C14H27N2O.BrH/c1-15-11-12-16(14-15)10-8-6-4-2-3-5-7-9-13-17;/h11-12,14,17H,2-10,13H2,1H3;1H/q+1;/p-1. The molecule has 0 amide bonds. The zero-order valence-electron chi connectivity index (χ0n) is 11.5. The summed E-state index contributed by atoms with van der Waals surface area (Å²) in [6, 6.07) is 0. The summed E-state index contributed by atoms with van der Waals surface area (Å²) in [5.74, 6) is 0. The molecular weight excluding hydrogens is 292 g/mol. The van der Waals surface area contributed by atoms with Crippen LogP contribution in [0.15, 0.2) is 18.7 Å². The van der Waals surface area contributed by atoms with Gasteiger partial charge in [-0.05, 0) is 19.3 Å². The topological polar surface area (TPSA) is 29.0 Å². The van der Waals surface area contributed by atoms with E-state index in [2.05, 4.69) is 34.9 Å². The molecule has 0 bridgehead atoms. The summed E-state index contributed by atoms with van der Waals surface area (Å²) >= 11 is 0. The highest BCUT2D eigenvalue weighted by molar-refractivity contribution is 4.61. The number of aliphatic hydroxyl groups is 1. The van der Waals surface area contributed by atoms with Crippen molar-refractivity contribution in [2.24, 2.45) is 7.05 Å². The first-order valence-electron chi connectivity index (χ1n) is 6.95. The van der Waals surface area contributed by atoms with E-state index in [0.29, 0.717) is 6.61 Å². The quantitative estimate of drug-likeness (QED) is 0.454. The molecule has 0 spiro atoms. The number of aliphatic hydroxyl groups excluding tert-OH is 1. The van der Waals surface area contributed by atoms with Gasteiger partial charge in [-0.3, -0.25) is 0 Å². The predicted molar refractivity (Wildman–Crippen MR) is 69.6 cm³/mol. The van der Waals surface area contributed by atoms with Crippen LogP contribution >= 0.6 is 0 Å². The zero-order valence-corrected chi connectivity index (χ0v) is 13.1. The number of aryl methyl sites for hydroxylation is 2. The average molecular weight is 319 g/mol. The number of rotatable bonds is 10. The maximum atomic E-state index is 8.64. The Morgan fingerprint density at radius 2 is 1.50 bits per heavy atom. The zero-order chi connectivity index (χ0) is 12.3. The van der Waals surface area contributed by atoms with Crippen molar-refractivity contribution in [3.05, 3.63) is 18.7 Å². The van der Waals surface area contributed by atoms with Gasteiger partial charge in [0.25, 0.3) is 0 Å². The fourth-order valence-corrected chi connectivity index (χ4v) is 2.10. The van der Waals surface area contributed by atoms with Crippen LogP contribution in [0.2, 0.25) is 0 Å². The van der Waals surface area contributed by atoms with E-state index in [1.54, 1.807) is 0 Å². The lowest BCUT2D eigenvalue weighted by atomic mass is 10.1. The highest BCUT2D eigenvalue weighted by Gasteiger charge is 1.99. The van der Waals surface area contributed by atoms with Gasteiger partial charge in [-0.1, -0.05) is 32.1 Å². The molecule has 1 heterocycles.